The van der Waals surface area contributed by atoms with Crippen LogP contribution in [0.25, 0.3) is 22.6 Å². The largest absolute Gasteiger partial charge is 0.494 e. The van der Waals surface area contributed by atoms with Crippen molar-refractivity contribution in [2.45, 2.75) is 58.7 Å². The zero-order valence-corrected chi connectivity index (χ0v) is 21.4. The predicted octanol–water partition coefficient (Wildman–Crippen LogP) is 4.20. The van der Waals surface area contributed by atoms with Gasteiger partial charge in [-0.2, -0.15) is 0 Å². The molecule has 0 bridgehead atoms. The fourth-order valence-electron chi connectivity index (χ4n) is 4.65. The number of aromatic nitrogens is 3. The van der Waals surface area contributed by atoms with Crippen molar-refractivity contribution in [1.82, 2.24) is 24.3 Å². The number of piperidine rings is 1. The Balaban J connectivity index is 1.59. The summed E-state index contributed by atoms with van der Waals surface area (Å²) >= 11 is 0. The van der Waals surface area contributed by atoms with Gasteiger partial charge in [0.1, 0.15) is 16.9 Å². The van der Waals surface area contributed by atoms with E-state index in [1.807, 2.05) is 56.8 Å². The fourth-order valence-corrected chi connectivity index (χ4v) is 4.65. The number of nitrogens with zero attached hydrogens (tertiary/aromatic N) is 4. The first-order chi connectivity index (χ1) is 16.6. The number of alkyl carbamates (subject to hydrolysis) is 1. The second-order valence-corrected chi connectivity index (χ2v) is 9.96. The average molecular weight is 482 g/mol. The molecule has 3 aromatic rings. The molecule has 2 amide bonds. The number of nitrogens with one attached hydrogen (secondary N) is 1. The summed E-state index contributed by atoms with van der Waals surface area (Å²) in [7, 11) is 3.56. The summed E-state index contributed by atoms with van der Waals surface area (Å²) in [5, 5.41) is 2.90. The third-order valence-corrected chi connectivity index (χ3v) is 6.23. The Kier molecular flexibility index (Phi) is 6.78. The van der Waals surface area contributed by atoms with Gasteiger partial charge in [-0.05, 0) is 64.8 Å². The molecule has 1 aliphatic heterocycles. The van der Waals surface area contributed by atoms with Crippen molar-refractivity contribution in [2.75, 3.05) is 20.2 Å². The molecule has 1 fully saturated rings. The van der Waals surface area contributed by atoms with Crippen molar-refractivity contribution < 1.29 is 19.1 Å². The van der Waals surface area contributed by atoms with E-state index in [0.29, 0.717) is 29.9 Å². The lowest BCUT2D eigenvalue weighted by Crippen LogP contribution is -2.50. The fraction of sp³-hybridized carbons (Fsp3) is 0.500. The Bertz CT molecular complexity index is 1240. The number of methoxy groups -OCH3 is 1. The van der Waals surface area contributed by atoms with Gasteiger partial charge in [-0.15, -0.1) is 0 Å². The summed E-state index contributed by atoms with van der Waals surface area (Å²) in [6, 6.07) is 7.49. The van der Waals surface area contributed by atoms with Crippen LogP contribution in [0.2, 0.25) is 0 Å². The van der Waals surface area contributed by atoms with Gasteiger partial charge < -0.3 is 28.8 Å². The summed E-state index contributed by atoms with van der Waals surface area (Å²) in [4.78, 5) is 32.3. The summed E-state index contributed by atoms with van der Waals surface area (Å²) in [6.45, 7) is 9.46. The van der Waals surface area contributed by atoms with Crippen molar-refractivity contribution in [2.24, 2.45) is 7.05 Å². The SMILES string of the molecule is CCn1cccc1-c1nc2cc(C(=O)N3CCC[C@@H](NC(=O)OC(C)(C)C)C3)cc(OC)c2n1C. The van der Waals surface area contributed by atoms with Gasteiger partial charge >= 0.3 is 6.09 Å². The van der Waals surface area contributed by atoms with Crippen LogP contribution in [0, 0.1) is 0 Å². The molecule has 1 saturated heterocycles. The third-order valence-electron chi connectivity index (χ3n) is 6.23. The molecular weight excluding hydrogens is 446 g/mol. The molecule has 0 radical (unpaired) electrons. The van der Waals surface area contributed by atoms with Crippen LogP contribution in [0.5, 0.6) is 5.75 Å². The Labute approximate surface area is 206 Å². The van der Waals surface area contributed by atoms with Crippen molar-refractivity contribution in [3.05, 3.63) is 36.0 Å². The number of hydrogen-bond acceptors (Lipinski definition) is 5. The molecule has 35 heavy (non-hydrogen) atoms. The van der Waals surface area contributed by atoms with E-state index in [1.54, 1.807) is 18.1 Å². The number of ether oxygens (including phenoxy) is 2. The molecule has 2 aromatic heterocycles. The standard InChI is InChI=1S/C26H35N5O4/c1-7-30-12-9-11-20(30)23-28-19-14-17(15-21(34-6)22(19)29(23)5)24(32)31-13-8-10-18(16-31)27-25(33)35-26(2,3)4/h9,11-12,14-15,18H,7-8,10,13,16H2,1-6H3,(H,27,33)/t18-/m1/s1. The number of likely N-dealkylation sites (tertiary alicyclic amines) is 1. The van der Waals surface area contributed by atoms with Crippen LogP contribution >= 0.6 is 0 Å². The quantitative estimate of drug-likeness (QED) is 0.590. The molecular formula is C26H35N5O4. The van der Waals surface area contributed by atoms with Gasteiger partial charge in [-0.25, -0.2) is 9.78 Å². The normalized spacial score (nSPS) is 16.4. The van der Waals surface area contributed by atoms with Gasteiger partial charge in [0.15, 0.2) is 5.82 Å². The minimum atomic E-state index is -0.569. The monoisotopic (exact) mass is 481 g/mol. The molecule has 188 valence electrons. The molecule has 0 aliphatic carbocycles. The molecule has 4 rings (SSSR count). The van der Waals surface area contributed by atoms with E-state index in [2.05, 4.69) is 16.8 Å². The van der Waals surface area contributed by atoms with Crippen molar-refractivity contribution in [1.29, 1.82) is 0 Å². The van der Waals surface area contributed by atoms with Crippen LogP contribution in [0.1, 0.15) is 50.9 Å². The van der Waals surface area contributed by atoms with Crippen molar-refractivity contribution >= 4 is 23.0 Å². The lowest BCUT2D eigenvalue weighted by molar-refractivity contribution is 0.0452. The lowest BCUT2D eigenvalue weighted by Gasteiger charge is -2.33. The Hall–Kier alpha value is -3.49. The minimum Gasteiger partial charge on any atom is -0.494 e. The van der Waals surface area contributed by atoms with Crippen LogP contribution in [0.15, 0.2) is 30.5 Å². The zero-order valence-electron chi connectivity index (χ0n) is 21.4. The molecule has 3 heterocycles. The van der Waals surface area contributed by atoms with Crippen LogP contribution in [-0.2, 0) is 18.3 Å². The first-order valence-corrected chi connectivity index (χ1v) is 12.1. The van der Waals surface area contributed by atoms with Gasteiger partial charge in [0.2, 0.25) is 0 Å². The number of amides is 2. The number of carbonyl (C=O) groups is 2. The topological polar surface area (TPSA) is 90.6 Å². The Morgan fingerprint density at radius 2 is 2.03 bits per heavy atom. The molecule has 9 nitrogen and oxygen atoms in total. The van der Waals surface area contributed by atoms with Crippen LogP contribution in [-0.4, -0.2) is 62.9 Å². The van der Waals surface area contributed by atoms with Gasteiger partial charge in [-0.1, -0.05) is 0 Å². The molecule has 1 N–H and O–H groups in total. The van der Waals surface area contributed by atoms with Crippen LogP contribution in [0.4, 0.5) is 4.79 Å². The number of benzene rings is 1. The van der Waals surface area contributed by atoms with Crippen molar-refractivity contribution in [3.63, 3.8) is 0 Å². The number of fused-ring (bicyclic) bond motifs is 1. The van der Waals surface area contributed by atoms with E-state index >= 15 is 0 Å². The number of rotatable bonds is 5. The van der Waals surface area contributed by atoms with Crippen LogP contribution < -0.4 is 10.1 Å². The van der Waals surface area contributed by atoms with Gasteiger partial charge in [0.25, 0.3) is 5.91 Å². The lowest BCUT2D eigenvalue weighted by atomic mass is 10.0. The molecule has 0 saturated carbocycles. The first-order valence-electron chi connectivity index (χ1n) is 12.1. The summed E-state index contributed by atoms with van der Waals surface area (Å²) in [5.41, 5.74) is 2.50. The average Bonchev–Trinajstić information content (AvgIpc) is 3.40. The highest BCUT2D eigenvalue weighted by Crippen LogP contribution is 2.32. The highest BCUT2D eigenvalue weighted by atomic mass is 16.6. The Morgan fingerprint density at radius 3 is 2.71 bits per heavy atom. The molecule has 1 aliphatic rings. The molecule has 9 heteroatoms. The molecule has 1 atom stereocenters. The third kappa shape index (κ3) is 5.13. The highest BCUT2D eigenvalue weighted by Gasteiger charge is 2.28. The second kappa shape index (κ2) is 9.64. The maximum absolute atomic E-state index is 13.5. The maximum atomic E-state index is 13.5. The van der Waals surface area contributed by atoms with Gasteiger partial charge in [0, 0.05) is 44.5 Å². The summed E-state index contributed by atoms with van der Waals surface area (Å²) in [5.74, 6) is 1.31. The van der Waals surface area contributed by atoms with E-state index in [9.17, 15) is 9.59 Å². The molecule has 0 unspecified atom stereocenters. The smallest absolute Gasteiger partial charge is 0.407 e. The van der Waals surface area contributed by atoms with Gasteiger partial charge in [-0.3, -0.25) is 4.79 Å². The number of hydrogen-bond donors (Lipinski definition) is 1. The van der Waals surface area contributed by atoms with E-state index in [4.69, 9.17) is 14.5 Å². The van der Waals surface area contributed by atoms with E-state index in [-0.39, 0.29) is 11.9 Å². The van der Waals surface area contributed by atoms with Crippen molar-refractivity contribution in [3.8, 4) is 17.3 Å². The molecule has 0 spiro atoms. The Morgan fingerprint density at radius 1 is 1.26 bits per heavy atom. The van der Waals surface area contributed by atoms with E-state index in [1.165, 1.54) is 0 Å². The number of carbonyl (C=O) groups excluding carboxylic acids is 2. The van der Waals surface area contributed by atoms with Crippen LogP contribution in [0.3, 0.4) is 0 Å². The highest BCUT2D eigenvalue weighted by molar-refractivity contribution is 6.00. The zero-order chi connectivity index (χ0) is 25.3. The van der Waals surface area contributed by atoms with Gasteiger partial charge in [0.05, 0.1) is 18.3 Å². The van der Waals surface area contributed by atoms with E-state index < -0.39 is 11.7 Å². The number of imidazole rings is 1. The predicted molar refractivity (Wildman–Crippen MR) is 135 cm³/mol. The minimum absolute atomic E-state index is 0.106. The summed E-state index contributed by atoms with van der Waals surface area (Å²) in [6.07, 6.45) is 3.16. The maximum Gasteiger partial charge on any atom is 0.407 e. The number of aryl methyl sites for hydroxylation is 2. The van der Waals surface area contributed by atoms with E-state index in [0.717, 1.165) is 36.4 Å². The summed E-state index contributed by atoms with van der Waals surface area (Å²) < 4.78 is 15.2. The second-order valence-electron chi connectivity index (χ2n) is 9.96. The first kappa shape index (κ1) is 24.6. The molecule has 1 aromatic carbocycles.